The molecule has 0 saturated heterocycles. The second-order valence-electron chi connectivity index (χ2n) is 5.68. The summed E-state index contributed by atoms with van der Waals surface area (Å²) >= 11 is 0. The fourth-order valence-electron chi connectivity index (χ4n) is 2.60. The second-order valence-corrected chi connectivity index (χ2v) is 5.68. The number of carbonyl (C=O) groups is 3. The summed E-state index contributed by atoms with van der Waals surface area (Å²) in [7, 11) is 2.60. The average molecular weight is 344 g/mol. The van der Waals surface area contributed by atoms with Crippen molar-refractivity contribution in [2.75, 3.05) is 14.2 Å². The van der Waals surface area contributed by atoms with E-state index in [2.05, 4.69) is 5.32 Å². The lowest BCUT2D eigenvalue weighted by atomic mass is 9.93. The molecule has 0 saturated carbocycles. The first-order valence-corrected chi connectivity index (χ1v) is 7.60. The van der Waals surface area contributed by atoms with Crippen LogP contribution in [0.2, 0.25) is 0 Å². The van der Waals surface area contributed by atoms with Crippen LogP contribution in [0.4, 0.5) is 0 Å². The van der Waals surface area contributed by atoms with Gasteiger partial charge in [0.05, 0.1) is 14.2 Å². The van der Waals surface area contributed by atoms with Gasteiger partial charge >= 0.3 is 11.9 Å². The molecule has 25 heavy (non-hydrogen) atoms. The van der Waals surface area contributed by atoms with Crippen molar-refractivity contribution in [2.24, 2.45) is 0 Å². The first-order chi connectivity index (χ1) is 11.9. The number of benzene rings is 1. The van der Waals surface area contributed by atoms with E-state index in [1.165, 1.54) is 14.2 Å². The van der Waals surface area contributed by atoms with Crippen LogP contribution in [0.3, 0.4) is 0 Å². The molecule has 0 fully saturated rings. The molecule has 1 atom stereocenters. The molecule has 2 aromatic rings. The zero-order chi connectivity index (χ0) is 18.4. The number of hydrogen-bond donors (Lipinski definition) is 1. The Balaban J connectivity index is 2.25. The molecule has 1 aromatic carbocycles. The number of nitrogens with zero attached hydrogens (tertiary/aromatic N) is 1. The number of ether oxygens (including phenoxy) is 2. The summed E-state index contributed by atoms with van der Waals surface area (Å²) in [5.41, 5.74) is 0.871. The van der Waals surface area contributed by atoms with Crippen LogP contribution in [-0.2, 0) is 25.5 Å². The molecule has 1 heterocycles. The second kappa shape index (κ2) is 7.65. The maximum absolute atomic E-state index is 11.9. The number of nitrogens with one attached hydrogen (secondary N) is 1. The Morgan fingerprint density at radius 3 is 2.40 bits per heavy atom. The molecule has 0 aliphatic rings. The van der Waals surface area contributed by atoms with Crippen LogP contribution in [0, 0.1) is 0 Å². The lowest BCUT2D eigenvalue weighted by Crippen LogP contribution is -2.51. The predicted molar refractivity (Wildman–Crippen MR) is 90.4 cm³/mol. The van der Waals surface area contributed by atoms with Crippen LogP contribution < -0.4 is 5.32 Å². The number of rotatable bonds is 7. The summed E-state index contributed by atoms with van der Waals surface area (Å²) in [6.45, 7) is 1.60. The van der Waals surface area contributed by atoms with Gasteiger partial charge in [-0.05, 0) is 36.8 Å². The maximum atomic E-state index is 11.9. The van der Waals surface area contributed by atoms with Crippen molar-refractivity contribution < 1.29 is 23.9 Å². The third kappa shape index (κ3) is 3.88. The fourth-order valence-corrected chi connectivity index (χ4v) is 2.60. The zero-order valence-electron chi connectivity index (χ0n) is 14.3. The Labute approximate surface area is 145 Å². The maximum Gasteiger partial charge on any atom is 0.355 e. The van der Waals surface area contributed by atoms with Gasteiger partial charge in [0.1, 0.15) is 11.2 Å². The topological polar surface area (TPSA) is 86.6 Å². The molecule has 0 aliphatic carbocycles. The van der Waals surface area contributed by atoms with Crippen molar-refractivity contribution in [2.45, 2.75) is 18.9 Å². The van der Waals surface area contributed by atoms with Crippen molar-refractivity contribution in [1.82, 2.24) is 9.88 Å². The highest BCUT2D eigenvalue weighted by molar-refractivity contribution is 5.88. The van der Waals surface area contributed by atoms with E-state index in [1.54, 1.807) is 29.8 Å². The van der Waals surface area contributed by atoms with Crippen LogP contribution in [0.25, 0.3) is 5.69 Å². The first kappa shape index (κ1) is 18.3. The number of methoxy groups -OCH3 is 2. The SMILES string of the molecule is COC(=O)c1cccn1-c1ccc(C[C@@](C)(NC=O)C(=O)OC)cc1. The van der Waals surface area contributed by atoms with Crippen LogP contribution >= 0.6 is 0 Å². The summed E-state index contributed by atoms with van der Waals surface area (Å²) < 4.78 is 11.2. The summed E-state index contributed by atoms with van der Waals surface area (Å²) in [5.74, 6) is -0.954. The summed E-state index contributed by atoms with van der Waals surface area (Å²) in [5, 5.41) is 2.51. The third-order valence-electron chi connectivity index (χ3n) is 3.93. The number of amides is 1. The largest absolute Gasteiger partial charge is 0.467 e. The van der Waals surface area contributed by atoms with Gasteiger partial charge in [-0.1, -0.05) is 12.1 Å². The van der Waals surface area contributed by atoms with E-state index in [0.717, 1.165) is 11.3 Å². The fraction of sp³-hybridized carbons (Fsp3) is 0.278. The van der Waals surface area contributed by atoms with Crippen molar-refractivity contribution in [1.29, 1.82) is 0 Å². The van der Waals surface area contributed by atoms with E-state index >= 15 is 0 Å². The highest BCUT2D eigenvalue weighted by Crippen LogP contribution is 2.19. The van der Waals surface area contributed by atoms with Gasteiger partial charge in [0, 0.05) is 18.3 Å². The van der Waals surface area contributed by atoms with Crippen molar-refractivity contribution >= 4 is 18.3 Å². The monoisotopic (exact) mass is 344 g/mol. The zero-order valence-corrected chi connectivity index (χ0v) is 14.3. The van der Waals surface area contributed by atoms with Crippen LogP contribution in [-0.4, -0.2) is 42.7 Å². The van der Waals surface area contributed by atoms with Gasteiger partial charge in [0.25, 0.3) is 0 Å². The molecule has 7 heteroatoms. The third-order valence-corrected chi connectivity index (χ3v) is 3.93. The molecule has 2 rings (SSSR count). The molecule has 0 spiro atoms. The Morgan fingerprint density at radius 2 is 1.84 bits per heavy atom. The van der Waals surface area contributed by atoms with Gasteiger partial charge < -0.3 is 19.4 Å². The molecule has 1 aromatic heterocycles. The molecule has 1 amide bonds. The standard InChI is InChI=1S/C18H20N2O5/c1-18(19-12-21,17(23)25-3)11-13-6-8-14(9-7-13)20-10-4-5-15(20)16(22)24-2/h4-10,12H,11H2,1-3H3,(H,19,21)/t18-/m1/s1. The Bertz CT molecular complexity index is 766. The molecule has 0 bridgehead atoms. The molecular weight excluding hydrogens is 324 g/mol. The highest BCUT2D eigenvalue weighted by atomic mass is 16.5. The van der Waals surface area contributed by atoms with Crippen molar-refractivity contribution in [3.8, 4) is 5.69 Å². The summed E-state index contributed by atoms with van der Waals surface area (Å²) in [4.78, 5) is 34.5. The highest BCUT2D eigenvalue weighted by Gasteiger charge is 2.34. The molecule has 1 N–H and O–H groups in total. The first-order valence-electron chi connectivity index (χ1n) is 7.60. The van der Waals surface area contributed by atoms with E-state index < -0.39 is 17.5 Å². The number of carbonyl (C=O) groups excluding carboxylic acids is 3. The van der Waals surface area contributed by atoms with E-state index in [-0.39, 0.29) is 6.42 Å². The molecule has 132 valence electrons. The minimum Gasteiger partial charge on any atom is -0.467 e. The quantitative estimate of drug-likeness (QED) is 0.607. The number of hydrogen-bond acceptors (Lipinski definition) is 5. The predicted octanol–water partition coefficient (Wildman–Crippen LogP) is 1.48. The van der Waals surface area contributed by atoms with Crippen LogP contribution in [0.1, 0.15) is 23.0 Å². The normalized spacial score (nSPS) is 12.8. The van der Waals surface area contributed by atoms with Gasteiger partial charge in [0.15, 0.2) is 0 Å². The van der Waals surface area contributed by atoms with Crippen molar-refractivity contribution in [3.63, 3.8) is 0 Å². The van der Waals surface area contributed by atoms with Gasteiger partial charge in [-0.15, -0.1) is 0 Å². The lowest BCUT2D eigenvalue weighted by molar-refractivity contribution is -0.148. The van der Waals surface area contributed by atoms with Gasteiger partial charge in [-0.25, -0.2) is 9.59 Å². The number of esters is 2. The average Bonchev–Trinajstić information content (AvgIpc) is 3.10. The van der Waals surface area contributed by atoms with Gasteiger partial charge in [-0.3, -0.25) is 4.79 Å². The van der Waals surface area contributed by atoms with Crippen LogP contribution in [0.15, 0.2) is 42.6 Å². The number of aromatic nitrogens is 1. The minimum atomic E-state index is -1.15. The van der Waals surface area contributed by atoms with Gasteiger partial charge in [0.2, 0.25) is 6.41 Å². The summed E-state index contributed by atoms with van der Waals surface area (Å²) in [6.07, 6.45) is 2.51. The van der Waals surface area contributed by atoms with E-state index in [9.17, 15) is 14.4 Å². The lowest BCUT2D eigenvalue weighted by Gasteiger charge is -2.26. The van der Waals surface area contributed by atoms with E-state index in [0.29, 0.717) is 12.1 Å². The molecule has 7 nitrogen and oxygen atoms in total. The van der Waals surface area contributed by atoms with E-state index in [4.69, 9.17) is 9.47 Å². The van der Waals surface area contributed by atoms with Crippen molar-refractivity contribution in [3.05, 3.63) is 53.9 Å². The Morgan fingerprint density at radius 1 is 1.16 bits per heavy atom. The summed E-state index contributed by atoms with van der Waals surface area (Å²) in [6, 6.07) is 10.7. The van der Waals surface area contributed by atoms with E-state index in [1.807, 2.05) is 24.3 Å². The smallest absolute Gasteiger partial charge is 0.355 e. The molecule has 0 aliphatic heterocycles. The minimum absolute atomic E-state index is 0.272. The molecule has 0 radical (unpaired) electrons. The van der Waals surface area contributed by atoms with Gasteiger partial charge in [-0.2, -0.15) is 0 Å². The molecule has 0 unspecified atom stereocenters. The Hall–Kier alpha value is -3.09. The molecular formula is C18H20N2O5. The Kier molecular flexibility index (Phi) is 5.59. The van der Waals surface area contributed by atoms with Crippen LogP contribution in [0.5, 0.6) is 0 Å².